The molecule has 0 aromatic rings. The number of likely N-dealkylation sites (tertiary alicyclic amines) is 1. The molecule has 108 valence electrons. The van der Waals surface area contributed by atoms with Crippen LogP contribution >= 0.6 is 11.8 Å². The van der Waals surface area contributed by atoms with Crippen LogP contribution in [0.1, 0.15) is 26.2 Å². The van der Waals surface area contributed by atoms with E-state index in [1.54, 1.807) is 0 Å². The molecule has 2 unspecified atom stereocenters. The second-order valence-electron chi connectivity index (χ2n) is 4.50. The van der Waals surface area contributed by atoms with E-state index >= 15 is 0 Å². The van der Waals surface area contributed by atoms with Gasteiger partial charge in [0.1, 0.15) is 0 Å². The van der Waals surface area contributed by atoms with Crippen LogP contribution in [-0.2, 0) is 14.4 Å². The van der Waals surface area contributed by atoms with Crippen molar-refractivity contribution in [1.29, 1.82) is 0 Å². The zero-order chi connectivity index (χ0) is 14.4. The topological polar surface area (TPSA) is 86.7 Å². The molecule has 0 aromatic carbocycles. The van der Waals surface area contributed by atoms with Gasteiger partial charge in [0.15, 0.2) is 0 Å². The molecule has 0 bridgehead atoms. The molecule has 1 aliphatic heterocycles. The lowest BCUT2D eigenvalue weighted by Crippen LogP contribution is -2.42. The van der Waals surface area contributed by atoms with E-state index in [0.717, 1.165) is 4.90 Å². The second kappa shape index (κ2) is 7.49. The van der Waals surface area contributed by atoms with Crippen LogP contribution in [0.15, 0.2) is 0 Å². The Morgan fingerprint density at radius 3 is 2.47 bits per heavy atom. The van der Waals surface area contributed by atoms with Crippen LogP contribution in [0.5, 0.6) is 0 Å². The SMILES string of the molecule is CSC(CO)C(C)NC(=O)CCN1C(=O)CCC1=O. The summed E-state index contributed by atoms with van der Waals surface area (Å²) in [5.74, 6) is -0.626. The molecule has 3 amide bonds. The predicted octanol–water partition coefficient (Wildman–Crippen LogP) is -0.246. The van der Waals surface area contributed by atoms with Crippen molar-refractivity contribution in [2.24, 2.45) is 0 Å². The molecule has 1 fully saturated rings. The highest BCUT2D eigenvalue weighted by Gasteiger charge is 2.29. The van der Waals surface area contributed by atoms with Crippen molar-refractivity contribution in [3.63, 3.8) is 0 Å². The van der Waals surface area contributed by atoms with Gasteiger partial charge >= 0.3 is 0 Å². The Morgan fingerprint density at radius 1 is 1.42 bits per heavy atom. The molecule has 2 atom stereocenters. The number of nitrogens with zero attached hydrogens (tertiary/aromatic N) is 1. The van der Waals surface area contributed by atoms with Crippen LogP contribution in [-0.4, -0.2) is 58.4 Å². The Morgan fingerprint density at radius 2 is 2.00 bits per heavy atom. The van der Waals surface area contributed by atoms with Gasteiger partial charge in [-0.2, -0.15) is 11.8 Å². The number of hydrogen-bond donors (Lipinski definition) is 2. The summed E-state index contributed by atoms with van der Waals surface area (Å²) in [6.45, 7) is 1.95. The average molecular weight is 288 g/mol. The van der Waals surface area contributed by atoms with Crippen LogP contribution in [0.3, 0.4) is 0 Å². The van der Waals surface area contributed by atoms with Crippen molar-refractivity contribution in [2.75, 3.05) is 19.4 Å². The monoisotopic (exact) mass is 288 g/mol. The number of amides is 3. The summed E-state index contributed by atoms with van der Waals surface area (Å²) in [6, 6.07) is -0.155. The Hall–Kier alpha value is -1.08. The largest absolute Gasteiger partial charge is 0.395 e. The third-order valence-corrected chi connectivity index (χ3v) is 4.31. The average Bonchev–Trinajstić information content (AvgIpc) is 2.68. The Bertz CT molecular complexity index is 342. The van der Waals surface area contributed by atoms with Gasteiger partial charge in [0, 0.05) is 37.1 Å². The minimum atomic E-state index is -0.215. The molecule has 0 aliphatic carbocycles. The number of carbonyl (C=O) groups excluding carboxylic acids is 3. The van der Waals surface area contributed by atoms with Gasteiger partial charge in [0.25, 0.3) is 0 Å². The molecule has 1 aliphatic rings. The zero-order valence-electron chi connectivity index (χ0n) is 11.2. The molecular weight excluding hydrogens is 268 g/mol. The quantitative estimate of drug-likeness (QED) is 0.631. The van der Waals surface area contributed by atoms with Crippen molar-refractivity contribution in [3.05, 3.63) is 0 Å². The number of nitrogens with one attached hydrogen (secondary N) is 1. The highest BCUT2D eigenvalue weighted by Crippen LogP contribution is 2.13. The fourth-order valence-electron chi connectivity index (χ4n) is 1.94. The maximum atomic E-state index is 11.7. The Balaban J connectivity index is 2.35. The Kier molecular flexibility index (Phi) is 6.30. The first-order chi connectivity index (χ1) is 8.99. The molecule has 2 N–H and O–H groups in total. The van der Waals surface area contributed by atoms with Gasteiger partial charge in [-0.1, -0.05) is 0 Å². The fourth-order valence-corrected chi connectivity index (χ4v) is 2.57. The number of carbonyl (C=O) groups is 3. The molecule has 0 spiro atoms. The van der Waals surface area contributed by atoms with Gasteiger partial charge in [-0.25, -0.2) is 0 Å². The van der Waals surface area contributed by atoms with Crippen LogP contribution < -0.4 is 5.32 Å². The number of imide groups is 1. The lowest BCUT2D eigenvalue weighted by atomic mass is 10.2. The third-order valence-electron chi connectivity index (χ3n) is 3.15. The lowest BCUT2D eigenvalue weighted by molar-refractivity contribution is -0.138. The molecule has 0 radical (unpaired) electrons. The first-order valence-corrected chi connectivity index (χ1v) is 7.54. The third kappa shape index (κ3) is 4.50. The summed E-state index contributed by atoms with van der Waals surface area (Å²) in [5.41, 5.74) is 0. The molecule has 0 saturated carbocycles. The van der Waals surface area contributed by atoms with Crippen LogP contribution in [0.4, 0.5) is 0 Å². The summed E-state index contributed by atoms with van der Waals surface area (Å²) < 4.78 is 0. The van der Waals surface area contributed by atoms with Gasteiger partial charge in [-0.05, 0) is 13.2 Å². The van der Waals surface area contributed by atoms with Crippen LogP contribution in [0.25, 0.3) is 0 Å². The number of rotatable bonds is 7. The summed E-state index contributed by atoms with van der Waals surface area (Å²) in [5, 5.41) is 11.8. The van der Waals surface area contributed by atoms with E-state index in [9.17, 15) is 14.4 Å². The second-order valence-corrected chi connectivity index (χ2v) is 5.58. The van der Waals surface area contributed by atoms with E-state index in [-0.39, 0.29) is 61.4 Å². The van der Waals surface area contributed by atoms with E-state index in [1.165, 1.54) is 11.8 Å². The van der Waals surface area contributed by atoms with E-state index < -0.39 is 0 Å². The van der Waals surface area contributed by atoms with Crippen molar-refractivity contribution in [1.82, 2.24) is 10.2 Å². The first kappa shape index (κ1) is 16.0. The molecule has 6 nitrogen and oxygen atoms in total. The summed E-state index contributed by atoms with van der Waals surface area (Å²) in [6.07, 6.45) is 2.46. The number of hydrogen-bond acceptors (Lipinski definition) is 5. The van der Waals surface area contributed by atoms with E-state index in [1.807, 2.05) is 13.2 Å². The molecule has 1 rings (SSSR count). The molecule has 1 saturated heterocycles. The predicted molar refractivity (Wildman–Crippen MR) is 72.6 cm³/mol. The first-order valence-electron chi connectivity index (χ1n) is 6.25. The molecule has 19 heavy (non-hydrogen) atoms. The minimum absolute atomic E-state index is 0.00822. The molecular formula is C12H20N2O4S. The highest BCUT2D eigenvalue weighted by atomic mass is 32.2. The van der Waals surface area contributed by atoms with Gasteiger partial charge in [-0.15, -0.1) is 0 Å². The summed E-state index contributed by atoms with van der Waals surface area (Å²) in [4.78, 5) is 35.6. The smallest absolute Gasteiger partial charge is 0.229 e. The van der Waals surface area contributed by atoms with E-state index in [0.29, 0.717) is 0 Å². The normalized spacial score (nSPS) is 18.6. The van der Waals surface area contributed by atoms with Gasteiger partial charge < -0.3 is 10.4 Å². The molecule has 0 aromatic heterocycles. The maximum Gasteiger partial charge on any atom is 0.229 e. The van der Waals surface area contributed by atoms with E-state index in [4.69, 9.17) is 5.11 Å². The zero-order valence-corrected chi connectivity index (χ0v) is 12.0. The van der Waals surface area contributed by atoms with Crippen molar-refractivity contribution >= 4 is 29.5 Å². The summed E-state index contributed by atoms with van der Waals surface area (Å²) >= 11 is 1.48. The maximum absolute atomic E-state index is 11.7. The minimum Gasteiger partial charge on any atom is -0.395 e. The van der Waals surface area contributed by atoms with Crippen molar-refractivity contribution in [3.8, 4) is 0 Å². The van der Waals surface area contributed by atoms with Gasteiger partial charge in [0.2, 0.25) is 17.7 Å². The van der Waals surface area contributed by atoms with Crippen LogP contribution in [0.2, 0.25) is 0 Å². The van der Waals surface area contributed by atoms with Gasteiger partial charge in [0.05, 0.1) is 6.61 Å². The molecule has 1 heterocycles. The standard InChI is InChI=1S/C12H20N2O4S/c1-8(9(7-15)19-2)13-10(16)5-6-14-11(17)3-4-12(14)18/h8-9,15H,3-7H2,1-2H3,(H,13,16). The fraction of sp³-hybridized carbons (Fsp3) is 0.750. The number of aliphatic hydroxyl groups excluding tert-OH is 1. The van der Waals surface area contributed by atoms with E-state index in [2.05, 4.69) is 5.32 Å². The van der Waals surface area contributed by atoms with Crippen molar-refractivity contribution in [2.45, 2.75) is 37.5 Å². The van der Waals surface area contributed by atoms with Crippen LogP contribution in [0, 0.1) is 0 Å². The van der Waals surface area contributed by atoms with Gasteiger partial charge in [-0.3, -0.25) is 19.3 Å². The number of aliphatic hydroxyl groups is 1. The molecule has 7 heteroatoms. The highest BCUT2D eigenvalue weighted by molar-refractivity contribution is 7.99. The van der Waals surface area contributed by atoms with Crippen molar-refractivity contribution < 1.29 is 19.5 Å². The number of thioether (sulfide) groups is 1. The lowest BCUT2D eigenvalue weighted by Gasteiger charge is -2.22. The summed E-state index contributed by atoms with van der Waals surface area (Å²) in [7, 11) is 0. The Labute approximate surface area is 116 Å².